The van der Waals surface area contributed by atoms with E-state index in [0.717, 1.165) is 16.9 Å². The minimum atomic E-state index is -1.57. The summed E-state index contributed by atoms with van der Waals surface area (Å²) in [5, 5.41) is 21.6. The number of carbonyl (C=O) groups excluding carboxylic acids is 2. The number of hydrogen-bond acceptors (Lipinski definition) is 10. The van der Waals surface area contributed by atoms with E-state index in [4.69, 9.17) is 17.3 Å². The Kier molecular flexibility index (Phi) is 6.17. The van der Waals surface area contributed by atoms with Gasteiger partial charge in [0.25, 0.3) is 11.8 Å². The highest BCUT2D eigenvalue weighted by Crippen LogP contribution is 2.42. The molecule has 2 aromatic heterocycles. The Morgan fingerprint density at radius 3 is 2.91 bits per heavy atom. The zero-order valence-electron chi connectivity index (χ0n) is 16.1. The van der Waals surface area contributed by atoms with Crippen LogP contribution in [0.2, 0.25) is 4.34 Å². The molecule has 3 atom stereocenters. The van der Waals surface area contributed by atoms with E-state index in [9.17, 15) is 24.4 Å². The molecule has 0 aromatic carbocycles. The number of H-pyrrole nitrogens is 1. The summed E-state index contributed by atoms with van der Waals surface area (Å²) >= 11 is 8.18. The van der Waals surface area contributed by atoms with Gasteiger partial charge in [0.2, 0.25) is 6.04 Å². The van der Waals surface area contributed by atoms with E-state index in [0.29, 0.717) is 23.5 Å². The van der Waals surface area contributed by atoms with E-state index in [-0.39, 0.29) is 20.9 Å². The van der Waals surface area contributed by atoms with Crippen molar-refractivity contribution in [1.29, 1.82) is 0 Å². The SMILES string of the molecule is Nc1nc(C(N=O)C(=O)NC2C(=O)N3C(C(=O)O)=C(SCc4cn[nH]c4)CCC23)c(Cl)s1. The van der Waals surface area contributed by atoms with Crippen LogP contribution >= 0.6 is 34.7 Å². The zero-order valence-corrected chi connectivity index (χ0v) is 18.5. The van der Waals surface area contributed by atoms with Gasteiger partial charge in [0.1, 0.15) is 21.8 Å². The van der Waals surface area contributed by atoms with Crippen LogP contribution in [0.3, 0.4) is 0 Å². The largest absolute Gasteiger partial charge is 0.477 e. The molecule has 0 saturated carbocycles. The van der Waals surface area contributed by atoms with Gasteiger partial charge >= 0.3 is 5.97 Å². The van der Waals surface area contributed by atoms with Gasteiger partial charge in [-0.25, -0.2) is 9.78 Å². The van der Waals surface area contributed by atoms with Gasteiger partial charge in [-0.2, -0.15) is 5.10 Å². The number of nitrogens with two attached hydrogens (primary N) is 1. The summed E-state index contributed by atoms with van der Waals surface area (Å²) in [6.07, 6.45) is 4.22. The fourth-order valence-corrected chi connectivity index (χ4v) is 5.70. The highest BCUT2D eigenvalue weighted by molar-refractivity contribution is 8.02. The Hall–Kier alpha value is -2.97. The molecule has 168 valence electrons. The zero-order chi connectivity index (χ0) is 23.0. The minimum Gasteiger partial charge on any atom is -0.477 e. The summed E-state index contributed by atoms with van der Waals surface area (Å²) in [6.45, 7) is 0. The van der Waals surface area contributed by atoms with Crippen LogP contribution in [0.25, 0.3) is 0 Å². The number of amides is 2. The van der Waals surface area contributed by atoms with Crippen molar-refractivity contribution in [2.45, 2.75) is 36.7 Å². The third-order valence-corrected chi connectivity index (χ3v) is 7.44. The Balaban J connectivity index is 1.48. The van der Waals surface area contributed by atoms with Gasteiger partial charge in [-0.1, -0.05) is 22.9 Å². The quantitative estimate of drug-likeness (QED) is 0.310. The first kappa shape index (κ1) is 22.2. The number of allylic oxidation sites excluding steroid dienone is 1. The number of nitrogens with zero attached hydrogens (tertiary/aromatic N) is 4. The predicted molar refractivity (Wildman–Crippen MR) is 116 cm³/mol. The molecule has 0 bridgehead atoms. The average molecular weight is 498 g/mol. The lowest BCUT2D eigenvalue weighted by Gasteiger charge is -2.50. The lowest BCUT2D eigenvalue weighted by molar-refractivity contribution is -0.156. The summed E-state index contributed by atoms with van der Waals surface area (Å²) in [7, 11) is 0. The fourth-order valence-electron chi connectivity index (χ4n) is 3.65. The molecule has 5 N–H and O–H groups in total. The minimum absolute atomic E-state index is 0.0527. The highest BCUT2D eigenvalue weighted by Gasteiger charge is 2.54. The number of rotatable bonds is 8. The summed E-state index contributed by atoms with van der Waals surface area (Å²) in [5.41, 5.74) is 6.27. The highest BCUT2D eigenvalue weighted by atomic mass is 35.5. The number of nitrogen functional groups attached to an aromatic ring is 1. The Morgan fingerprint density at radius 2 is 2.31 bits per heavy atom. The first-order valence-corrected chi connectivity index (χ1v) is 11.4. The number of anilines is 1. The van der Waals surface area contributed by atoms with Crippen LogP contribution in [0, 0.1) is 4.91 Å². The number of thiazole rings is 1. The lowest BCUT2D eigenvalue weighted by atomic mass is 9.86. The van der Waals surface area contributed by atoms with Crippen molar-refractivity contribution < 1.29 is 19.5 Å². The maximum atomic E-state index is 12.8. The van der Waals surface area contributed by atoms with Gasteiger partial charge in [-0.3, -0.25) is 19.6 Å². The fraction of sp³-hybridized carbons (Fsp3) is 0.353. The number of carboxylic acids is 1. The third-order valence-electron chi connectivity index (χ3n) is 5.10. The van der Waals surface area contributed by atoms with E-state index in [1.54, 1.807) is 12.4 Å². The Labute approximate surface area is 193 Å². The number of carbonyl (C=O) groups is 3. The van der Waals surface area contributed by atoms with Gasteiger partial charge in [-0.05, 0) is 18.0 Å². The first-order valence-electron chi connectivity index (χ1n) is 9.26. The summed E-state index contributed by atoms with van der Waals surface area (Å²) in [5.74, 6) is -2.15. The van der Waals surface area contributed by atoms with E-state index in [1.165, 1.54) is 16.7 Å². The van der Waals surface area contributed by atoms with Crippen molar-refractivity contribution in [3.05, 3.63) is 43.5 Å². The molecular weight excluding hydrogens is 482 g/mol. The van der Waals surface area contributed by atoms with Crippen molar-refractivity contribution in [2.24, 2.45) is 5.18 Å². The maximum absolute atomic E-state index is 12.8. The van der Waals surface area contributed by atoms with E-state index < -0.39 is 35.9 Å². The van der Waals surface area contributed by atoms with Crippen molar-refractivity contribution in [2.75, 3.05) is 5.73 Å². The van der Waals surface area contributed by atoms with E-state index in [1.807, 2.05) is 0 Å². The van der Waals surface area contributed by atoms with Gasteiger partial charge in [0, 0.05) is 22.4 Å². The molecule has 2 aromatic rings. The number of fused-ring (bicyclic) bond motifs is 1. The Bertz CT molecular complexity index is 1120. The van der Waals surface area contributed by atoms with Gasteiger partial charge in [0.05, 0.1) is 12.2 Å². The number of aromatic nitrogens is 3. The molecule has 2 amide bonds. The molecule has 0 aliphatic carbocycles. The molecule has 1 fully saturated rings. The van der Waals surface area contributed by atoms with Crippen LogP contribution < -0.4 is 11.1 Å². The number of carboxylic acid groups (broad SMARTS) is 1. The molecule has 3 unspecified atom stereocenters. The van der Waals surface area contributed by atoms with Crippen LogP contribution in [0.1, 0.15) is 30.1 Å². The van der Waals surface area contributed by atoms with Crippen molar-refractivity contribution in [3.8, 4) is 0 Å². The first-order chi connectivity index (χ1) is 15.3. The second-order valence-electron chi connectivity index (χ2n) is 6.99. The Morgan fingerprint density at radius 1 is 1.53 bits per heavy atom. The number of aromatic amines is 1. The lowest BCUT2D eigenvalue weighted by Crippen LogP contribution is -2.71. The molecule has 1 saturated heterocycles. The van der Waals surface area contributed by atoms with Gasteiger partial charge in [0.15, 0.2) is 5.13 Å². The molecule has 32 heavy (non-hydrogen) atoms. The maximum Gasteiger partial charge on any atom is 0.353 e. The summed E-state index contributed by atoms with van der Waals surface area (Å²) < 4.78 is 0.0527. The molecule has 2 aliphatic rings. The predicted octanol–water partition coefficient (Wildman–Crippen LogP) is 1.63. The van der Waals surface area contributed by atoms with Crippen LogP contribution in [-0.4, -0.2) is 55.1 Å². The van der Waals surface area contributed by atoms with Crippen LogP contribution in [0.4, 0.5) is 5.13 Å². The number of nitroso groups, excluding NO2 is 1. The van der Waals surface area contributed by atoms with Gasteiger partial charge < -0.3 is 16.2 Å². The van der Waals surface area contributed by atoms with Crippen molar-refractivity contribution >= 4 is 57.6 Å². The molecule has 0 spiro atoms. The van der Waals surface area contributed by atoms with Crippen LogP contribution in [-0.2, 0) is 20.1 Å². The van der Waals surface area contributed by atoms with Crippen molar-refractivity contribution in [1.82, 2.24) is 25.4 Å². The number of hydrogen-bond donors (Lipinski definition) is 4. The average Bonchev–Trinajstić information content (AvgIpc) is 3.39. The summed E-state index contributed by atoms with van der Waals surface area (Å²) in [4.78, 5) is 54.2. The summed E-state index contributed by atoms with van der Waals surface area (Å²) in [6, 6.07) is -3.09. The topological polar surface area (TPSA) is 184 Å². The van der Waals surface area contributed by atoms with Crippen LogP contribution in [0.5, 0.6) is 0 Å². The molecular formula is C17H16ClN7O5S2. The van der Waals surface area contributed by atoms with Crippen molar-refractivity contribution in [3.63, 3.8) is 0 Å². The molecule has 2 aliphatic heterocycles. The van der Waals surface area contributed by atoms with E-state index >= 15 is 0 Å². The number of β-lactam (4-membered cyclic amide) rings is 1. The third kappa shape index (κ3) is 3.96. The number of thioether (sulfide) groups is 1. The number of nitrogens with one attached hydrogen (secondary N) is 2. The molecule has 4 heterocycles. The molecule has 12 nitrogen and oxygen atoms in total. The number of aliphatic carboxylic acids is 1. The molecule has 4 rings (SSSR count). The molecule has 15 heteroatoms. The van der Waals surface area contributed by atoms with Crippen LogP contribution in [0.15, 0.2) is 28.2 Å². The van der Waals surface area contributed by atoms with E-state index in [2.05, 4.69) is 25.7 Å². The normalized spacial score (nSPS) is 21.0. The second kappa shape index (κ2) is 8.88. The standard InChI is InChI=1S/C17H16ClN7O5S2/c18-13-10(23-17(19)32-13)11(24-30)14(26)22-9-7-1-2-8(31-5-6-3-20-21-4-6)12(16(28)29)25(7)15(9)27/h3-4,7,9,11H,1-2,5H2,(H2,19,23)(H,20,21)(H,22,26)(H,28,29). The number of halogens is 1. The monoisotopic (exact) mass is 497 g/mol. The molecule has 0 radical (unpaired) electrons. The van der Waals surface area contributed by atoms with Gasteiger partial charge in [-0.15, -0.1) is 16.7 Å². The smallest absolute Gasteiger partial charge is 0.353 e. The second-order valence-corrected chi connectivity index (χ2v) is 9.69.